The van der Waals surface area contributed by atoms with Crippen molar-refractivity contribution in [3.8, 4) is 0 Å². The van der Waals surface area contributed by atoms with Crippen molar-refractivity contribution in [2.24, 2.45) is 5.92 Å². The van der Waals surface area contributed by atoms with Crippen LogP contribution in [0.1, 0.15) is 18.4 Å². The first-order valence-corrected chi connectivity index (χ1v) is 5.67. The second kappa shape index (κ2) is 6.46. The summed E-state index contributed by atoms with van der Waals surface area (Å²) in [5.74, 6) is -7.65. The van der Waals surface area contributed by atoms with Gasteiger partial charge in [-0.2, -0.15) is 0 Å². The quantitative estimate of drug-likeness (QED) is 0.304. The van der Waals surface area contributed by atoms with E-state index in [0.717, 1.165) is 13.1 Å². The van der Waals surface area contributed by atoms with Crippen LogP contribution >= 0.6 is 0 Å². The van der Waals surface area contributed by atoms with Crippen LogP contribution in [0.5, 0.6) is 0 Å². The highest BCUT2D eigenvalue weighted by atomic mass is 16.6. The van der Waals surface area contributed by atoms with Gasteiger partial charge in [-0.15, -0.1) is 0 Å². The summed E-state index contributed by atoms with van der Waals surface area (Å²) in [5, 5.41) is 38.3. The Hall–Kier alpha value is -2.97. The summed E-state index contributed by atoms with van der Waals surface area (Å²) < 4.78 is 0. The molecule has 9 nitrogen and oxygen atoms in total. The third-order valence-electron chi connectivity index (χ3n) is 2.80. The fourth-order valence-corrected chi connectivity index (χ4v) is 1.95. The first-order valence-electron chi connectivity index (χ1n) is 5.67. The molecule has 0 saturated carbocycles. The lowest BCUT2D eigenvalue weighted by Gasteiger charge is -2.19. The van der Waals surface area contributed by atoms with E-state index in [9.17, 15) is 19.7 Å². The molecule has 1 aromatic rings. The Kier molecular flexibility index (Phi) is 4.95. The van der Waals surface area contributed by atoms with Crippen LogP contribution in [0.25, 0.3) is 0 Å². The first-order chi connectivity index (χ1) is 9.77. The van der Waals surface area contributed by atoms with Gasteiger partial charge < -0.3 is 15.3 Å². The van der Waals surface area contributed by atoms with Crippen LogP contribution in [-0.4, -0.2) is 37.0 Å². The maximum absolute atomic E-state index is 11.5. The highest BCUT2D eigenvalue weighted by molar-refractivity contribution is 5.98. The van der Waals surface area contributed by atoms with Crippen LogP contribution in [0, 0.1) is 16.0 Å². The number of carboxylic acids is 1. The van der Waals surface area contributed by atoms with Gasteiger partial charge in [0, 0.05) is 12.4 Å². The molecule has 0 saturated heterocycles. The Bertz CT molecular complexity index is 579. The molecule has 0 spiro atoms. The van der Waals surface area contributed by atoms with Crippen molar-refractivity contribution in [2.45, 2.75) is 12.8 Å². The molecule has 9 heteroatoms. The highest BCUT2D eigenvalue weighted by Crippen LogP contribution is 2.34. The summed E-state index contributed by atoms with van der Waals surface area (Å²) in [7, 11) is 0. The molecule has 0 fully saturated rings. The lowest BCUT2D eigenvalue weighted by atomic mass is 9.82. The number of nitro groups is 1. The van der Waals surface area contributed by atoms with Gasteiger partial charge in [0.2, 0.25) is 0 Å². The number of ketones is 1. The molecule has 2 atom stereocenters. The Morgan fingerprint density at radius 3 is 2.29 bits per heavy atom. The first kappa shape index (κ1) is 16.1. The fourth-order valence-electron chi connectivity index (χ4n) is 1.95. The van der Waals surface area contributed by atoms with Crippen molar-refractivity contribution in [3.63, 3.8) is 0 Å². The van der Waals surface area contributed by atoms with Gasteiger partial charge in [0.15, 0.2) is 0 Å². The number of aliphatic carboxylic acids is 1. The number of carboxylic acid groups (broad SMARTS) is 1. The van der Waals surface area contributed by atoms with E-state index in [4.69, 9.17) is 15.3 Å². The highest BCUT2D eigenvalue weighted by Gasteiger charge is 2.44. The van der Waals surface area contributed by atoms with Gasteiger partial charge in [0.05, 0.1) is 4.92 Å². The summed E-state index contributed by atoms with van der Waals surface area (Å²) in [5.41, 5.74) is -1.17. The van der Waals surface area contributed by atoms with Gasteiger partial charge in [0.1, 0.15) is 17.6 Å². The van der Waals surface area contributed by atoms with E-state index in [2.05, 4.69) is 4.98 Å². The number of allylic oxidation sites excluding steroid dienone is 1. The Balaban J connectivity index is 3.58. The molecule has 112 valence electrons. The van der Waals surface area contributed by atoms with Crippen LogP contribution in [0.2, 0.25) is 0 Å². The van der Waals surface area contributed by atoms with Crippen LogP contribution in [0.4, 0.5) is 0 Å². The smallest absolute Gasteiger partial charge is 0.351 e. The zero-order valence-corrected chi connectivity index (χ0v) is 10.8. The second-order valence-electron chi connectivity index (χ2n) is 4.16. The molecule has 3 N–H and O–H groups in total. The number of carbonyl (C=O) groups excluding carboxylic acids is 1. The Labute approximate surface area is 118 Å². The largest absolute Gasteiger partial charge is 0.481 e. The molecule has 1 heterocycles. The number of carbonyl (C=O) groups is 2. The standard InChI is InChI=1S/C12H12N2O7/c1-6(15)8(11(16)17)9(7-3-2-4-13-5-7)10(12(18)19)14(20)21/h2-5,8-9,18-19H,1H3,(H,16,17). The average molecular weight is 296 g/mol. The normalized spacial score (nSPS) is 13.0. The Morgan fingerprint density at radius 2 is 1.95 bits per heavy atom. The number of Topliss-reactive ketones (excluding diaryl/α,β-unsaturated/α-hetero) is 1. The summed E-state index contributed by atoms with van der Waals surface area (Å²) in [4.78, 5) is 36.4. The van der Waals surface area contributed by atoms with E-state index in [1.54, 1.807) is 0 Å². The molecular formula is C12H12N2O7. The number of hydrogen-bond donors (Lipinski definition) is 3. The third-order valence-corrected chi connectivity index (χ3v) is 2.80. The van der Waals surface area contributed by atoms with Crippen LogP contribution in [0.15, 0.2) is 36.2 Å². The molecule has 0 amide bonds. The molecule has 21 heavy (non-hydrogen) atoms. The zero-order chi connectivity index (χ0) is 16.2. The maximum atomic E-state index is 11.5. The van der Waals surface area contributed by atoms with Crippen LogP contribution in [0.3, 0.4) is 0 Å². The van der Waals surface area contributed by atoms with E-state index in [1.807, 2.05) is 0 Å². The average Bonchev–Trinajstić information content (AvgIpc) is 2.37. The van der Waals surface area contributed by atoms with E-state index < -0.39 is 40.2 Å². The summed E-state index contributed by atoms with van der Waals surface area (Å²) in [6, 6.07) is 2.69. The van der Waals surface area contributed by atoms with Crippen molar-refractivity contribution in [1.82, 2.24) is 4.98 Å². The number of aliphatic hydroxyl groups excluding tert-OH is 1. The predicted molar refractivity (Wildman–Crippen MR) is 68.1 cm³/mol. The minimum absolute atomic E-state index is 0.00685. The monoisotopic (exact) mass is 296 g/mol. The van der Waals surface area contributed by atoms with E-state index in [0.29, 0.717) is 0 Å². The van der Waals surface area contributed by atoms with E-state index in [-0.39, 0.29) is 5.56 Å². The molecule has 0 radical (unpaired) electrons. The lowest BCUT2D eigenvalue weighted by Crippen LogP contribution is -2.32. The second-order valence-corrected chi connectivity index (χ2v) is 4.16. The zero-order valence-electron chi connectivity index (χ0n) is 10.8. The number of aliphatic hydroxyl groups is 2. The summed E-state index contributed by atoms with van der Waals surface area (Å²) >= 11 is 0. The van der Waals surface area contributed by atoms with Gasteiger partial charge in [-0.3, -0.25) is 24.7 Å². The minimum atomic E-state index is -1.84. The molecule has 2 unspecified atom stereocenters. The van der Waals surface area contributed by atoms with Gasteiger partial charge in [-0.25, -0.2) is 0 Å². The van der Waals surface area contributed by atoms with Gasteiger partial charge in [-0.05, 0) is 18.6 Å². The van der Waals surface area contributed by atoms with Crippen LogP contribution < -0.4 is 0 Å². The van der Waals surface area contributed by atoms with Crippen molar-refractivity contribution in [3.05, 3.63) is 51.8 Å². The predicted octanol–water partition coefficient (Wildman–Crippen LogP) is 1.02. The number of aromatic nitrogens is 1. The molecule has 0 aromatic carbocycles. The molecular weight excluding hydrogens is 284 g/mol. The van der Waals surface area contributed by atoms with Gasteiger partial charge in [0.25, 0.3) is 0 Å². The molecule has 0 aliphatic rings. The molecule has 1 aromatic heterocycles. The molecule has 0 aliphatic heterocycles. The third kappa shape index (κ3) is 3.53. The SMILES string of the molecule is CC(=O)C(C(=O)O)C(C(=C(O)O)[N+](=O)[O-])c1cccnc1. The van der Waals surface area contributed by atoms with Gasteiger partial charge in [-0.1, -0.05) is 6.07 Å². The number of rotatable bonds is 6. The lowest BCUT2D eigenvalue weighted by molar-refractivity contribution is -0.436. The van der Waals surface area contributed by atoms with Gasteiger partial charge >= 0.3 is 17.6 Å². The maximum Gasteiger partial charge on any atom is 0.351 e. The Morgan fingerprint density at radius 1 is 1.33 bits per heavy atom. The molecule has 0 bridgehead atoms. The van der Waals surface area contributed by atoms with E-state index in [1.165, 1.54) is 18.3 Å². The van der Waals surface area contributed by atoms with Crippen LogP contribution in [-0.2, 0) is 9.59 Å². The summed E-state index contributed by atoms with van der Waals surface area (Å²) in [6.07, 6.45) is 2.47. The van der Waals surface area contributed by atoms with E-state index >= 15 is 0 Å². The molecule has 1 rings (SSSR count). The minimum Gasteiger partial charge on any atom is -0.481 e. The molecule has 0 aliphatic carbocycles. The van der Waals surface area contributed by atoms with Crippen molar-refractivity contribution >= 4 is 11.8 Å². The van der Waals surface area contributed by atoms with Crippen molar-refractivity contribution in [2.75, 3.05) is 0 Å². The number of pyridine rings is 1. The number of nitrogens with zero attached hydrogens (tertiary/aromatic N) is 2. The number of hydrogen-bond acceptors (Lipinski definition) is 7. The van der Waals surface area contributed by atoms with Crippen molar-refractivity contribution in [1.29, 1.82) is 0 Å². The van der Waals surface area contributed by atoms with Crippen molar-refractivity contribution < 1.29 is 29.8 Å². The summed E-state index contributed by atoms with van der Waals surface area (Å²) in [6.45, 7) is 0.953. The fraction of sp³-hybridized carbons (Fsp3) is 0.250. The topological polar surface area (TPSA) is 151 Å².